The molecule has 124 valence electrons. The lowest BCUT2D eigenvalue weighted by Gasteiger charge is -2.11. The molecule has 0 spiro atoms. The van der Waals surface area contributed by atoms with E-state index in [1.165, 1.54) is 19.2 Å². The number of phenols is 1. The van der Waals surface area contributed by atoms with Crippen LogP contribution in [-0.4, -0.2) is 23.1 Å². The minimum atomic E-state index is -0.932. The Morgan fingerprint density at radius 3 is 2.50 bits per heavy atom. The summed E-state index contributed by atoms with van der Waals surface area (Å²) < 4.78 is 0.725. The Labute approximate surface area is 147 Å². The van der Waals surface area contributed by atoms with Crippen molar-refractivity contribution in [3.8, 4) is 5.75 Å². The van der Waals surface area contributed by atoms with E-state index in [1.54, 1.807) is 36.4 Å². The number of nitrogens with one attached hydrogen (secondary N) is 2. The molecule has 6 nitrogen and oxygen atoms in total. The van der Waals surface area contributed by atoms with Gasteiger partial charge in [-0.25, -0.2) is 5.43 Å². The molecule has 2 aromatic rings. The summed E-state index contributed by atoms with van der Waals surface area (Å²) in [6, 6.07) is 13.7. The first kappa shape index (κ1) is 17.7. The van der Waals surface area contributed by atoms with Gasteiger partial charge in [0.1, 0.15) is 11.7 Å². The smallest absolute Gasteiger partial charge is 0.252 e. The average molecular weight is 390 g/mol. The average Bonchev–Trinajstić information content (AvgIpc) is 2.57. The number of nitrogens with zero attached hydrogens (tertiary/aromatic N) is 1. The molecule has 1 atom stereocenters. The van der Waals surface area contributed by atoms with Gasteiger partial charge < -0.3 is 10.4 Å². The van der Waals surface area contributed by atoms with Crippen LogP contribution < -0.4 is 10.7 Å². The lowest BCUT2D eigenvalue weighted by Crippen LogP contribution is -2.34. The summed E-state index contributed by atoms with van der Waals surface area (Å²) in [6.07, 6.45) is 1.31. The van der Waals surface area contributed by atoms with Crippen LogP contribution in [0.1, 0.15) is 12.5 Å². The second kappa shape index (κ2) is 8.26. The third-order valence-electron chi connectivity index (χ3n) is 3.23. The van der Waals surface area contributed by atoms with Crippen LogP contribution in [0, 0.1) is 5.92 Å². The van der Waals surface area contributed by atoms with Gasteiger partial charge in [0, 0.05) is 10.0 Å². The number of amides is 2. The van der Waals surface area contributed by atoms with E-state index >= 15 is 0 Å². The van der Waals surface area contributed by atoms with Crippen LogP contribution in [0.25, 0.3) is 0 Å². The third-order valence-corrected chi connectivity index (χ3v) is 3.92. The van der Waals surface area contributed by atoms with E-state index in [4.69, 9.17) is 0 Å². The van der Waals surface area contributed by atoms with Crippen molar-refractivity contribution in [2.24, 2.45) is 11.0 Å². The largest absolute Gasteiger partial charge is 0.507 e. The number of anilines is 1. The maximum absolute atomic E-state index is 12.1. The zero-order valence-electron chi connectivity index (χ0n) is 12.9. The topological polar surface area (TPSA) is 90.8 Å². The summed E-state index contributed by atoms with van der Waals surface area (Å²) >= 11 is 3.32. The minimum Gasteiger partial charge on any atom is -0.507 e. The number of para-hydroxylation sites is 2. The highest BCUT2D eigenvalue weighted by atomic mass is 79.9. The fourth-order valence-electron chi connectivity index (χ4n) is 1.78. The summed E-state index contributed by atoms with van der Waals surface area (Å²) in [5.74, 6) is -1.88. The molecule has 0 saturated heterocycles. The fourth-order valence-corrected chi connectivity index (χ4v) is 2.17. The summed E-state index contributed by atoms with van der Waals surface area (Å²) in [6.45, 7) is 1.48. The molecule has 0 bridgehead atoms. The standard InChI is InChI=1S/C17H16BrN3O3/c1-11(16(23)20-14-8-4-3-7-13(14)18)17(24)21-19-10-12-6-2-5-9-15(12)22/h2-11,22H,1H3,(H,20,23)(H,21,24)/b19-10+. The minimum absolute atomic E-state index is 0.0511. The first-order chi connectivity index (χ1) is 11.5. The number of halogens is 1. The highest BCUT2D eigenvalue weighted by molar-refractivity contribution is 9.10. The Hall–Kier alpha value is -2.67. The van der Waals surface area contributed by atoms with E-state index in [0.717, 1.165) is 4.47 Å². The van der Waals surface area contributed by atoms with Crippen molar-refractivity contribution >= 4 is 39.6 Å². The summed E-state index contributed by atoms with van der Waals surface area (Å²) in [4.78, 5) is 24.1. The number of carbonyl (C=O) groups excluding carboxylic acids is 2. The van der Waals surface area contributed by atoms with Crippen molar-refractivity contribution in [3.63, 3.8) is 0 Å². The van der Waals surface area contributed by atoms with Crippen molar-refractivity contribution in [3.05, 3.63) is 58.6 Å². The first-order valence-electron chi connectivity index (χ1n) is 7.15. The van der Waals surface area contributed by atoms with Gasteiger partial charge in [0.05, 0.1) is 11.9 Å². The first-order valence-corrected chi connectivity index (χ1v) is 7.94. The summed E-state index contributed by atoms with van der Waals surface area (Å²) in [7, 11) is 0. The molecule has 7 heteroatoms. The van der Waals surface area contributed by atoms with Crippen molar-refractivity contribution < 1.29 is 14.7 Å². The molecular formula is C17H16BrN3O3. The molecule has 2 amide bonds. The molecule has 3 N–H and O–H groups in total. The molecule has 24 heavy (non-hydrogen) atoms. The Morgan fingerprint density at radius 1 is 1.12 bits per heavy atom. The fraction of sp³-hybridized carbons (Fsp3) is 0.118. The predicted octanol–water partition coefficient (Wildman–Crippen LogP) is 2.88. The van der Waals surface area contributed by atoms with Gasteiger partial charge in [-0.3, -0.25) is 9.59 Å². The number of hydrogen-bond acceptors (Lipinski definition) is 4. The highest BCUT2D eigenvalue weighted by Crippen LogP contribution is 2.21. The summed E-state index contributed by atoms with van der Waals surface area (Å²) in [5.41, 5.74) is 3.33. The van der Waals surface area contributed by atoms with Crippen LogP contribution in [0.5, 0.6) is 5.75 Å². The van der Waals surface area contributed by atoms with Crippen LogP contribution in [-0.2, 0) is 9.59 Å². The van der Waals surface area contributed by atoms with Gasteiger partial charge in [-0.05, 0) is 47.1 Å². The molecule has 1 unspecified atom stereocenters. The molecule has 0 aliphatic rings. The van der Waals surface area contributed by atoms with Crippen LogP contribution in [0.2, 0.25) is 0 Å². The Balaban J connectivity index is 1.93. The zero-order chi connectivity index (χ0) is 17.5. The number of hydrogen-bond donors (Lipinski definition) is 3. The van der Waals surface area contributed by atoms with Gasteiger partial charge in [0.25, 0.3) is 5.91 Å². The van der Waals surface area contributed by atoms with Gasteiger partial charge in [-0.15, -0.1) is 0 Å². The number of aromatic hydroxyl groups is 1. The lowest BCUT2D eigenvalue weighted by atomic mass is 10.1. The van der Waals surface area contributed by atoms with Crippen molar-refractivity contribution in [2.45, 2.75) is 6.92 Å². The molecule has 2 aromatic carbocycles. The maximum Gasteiger partial charge on any atom is 0.252 e. The van der Waals surface area contributed by atoms with Crippen LogP contribution in [0.4, 0.5) is 5.69 Å². The lowest BCUT2D eigenvalue weighted by molar-refractivity contribution is -0.131. The van der Waals surface area contributed by atoms with E-state index in [9.17, 15) is 14.7 Å². The number of carbonyl (C=O) groups is 2. The second-order valence-electron chi connectivity index (χ2n) is 4.98. The molecule has 2 rings (SSSR count). The normalized spacial score (nSPS) is 11.9. The van der Waals surface area contributed by atoms with E-state index < -0.39 is 17.7 Å². The molecule has 0 heterocycles. The van der Waals surface area contributed by atoms with Gasteiger partial charge in [-0.2, -0.15) is 5.10 Å². The third kappa shape index (κ3) is 4.66. The second-order valence-corrected chi connectivity index (χ2v) is 5.84. The molecule has 0 aromatic heterocycles. The molecule has 0 radical (unpaired) electrons. The van der Waals surface area contributed by atoms with Crippen LogP contribution >= 0.6 is 15.9 Å². The van der Waals surface area contributed by atoms with Crippen molar-refractivity contribution in [2.75, 3.05) is 5.32 Å². The zero-order valence-corrected chi connectivity index (χ0v) is 14.4. The number of hydrazone groups is 1. The van der Waals surface area contributed by atoms with Gasteiger partial charge in [0.2, 0.25) is 5.91 Å². The maximum atomic E-state index is 12.1. The highest BCUT2D eigenvalue weighted by Gasteiger charge is 2.21. The number of phenolic OH excluding ortho intramolecular Hbond substituents is 1. The molecule has 0 saturated carbocycles. The van der Waals surface area contributed by atoms with E-state index in [1.807, 2.05) is 6.07 Å². The van der Waals surface area contributed by atoms with Crippen molar-refractivity contribution in [1.82, 2.24) is 5.43 Å². The van der Waals surface area contributed by atoms with E-state index in [0.29, 0.717) is 11.3 Å². The van der Waals surface area contributed by atoms with Gasteiger partial charge in [0.15, 0.2) is 0 Å². The quantitative estimate of drug-likeness (QED) is 0.417. The molecular weight excluding hydrogens is 374 g/mol. The van der Waals surface area contributed by atoms with Gasteiger partial charge in [-0.1, -0.05) is 24.3 Å². The van der Waals surface area contributed by atoms with Crippen LogP contribution in [0.3, 0.4) is 0 Å². The molecule has 0 aliphatic carbocycles. The van der Waals surface area contributed by atoms with Gasteiger partial charge >= 0.3 is 0 Å². The monoisotopic (exact) mass is 389 g/mol. The SMILES string of the molecule is CC(C(=O)N/N=C/c1ccccc1O)C(=O)Nc1ccccc1Br. The Bertz CT molecular complexity index is 777. The van der Waals surface area contributed by atoms with Crippen LogP contribution in [0.15, 0.2) is 58.1 Å². The Kier molecular flexibility index (Phi) is 6.08. The molecule has 0 aliphatic heterocycles. The Morgan fingerprint density at radius 2 is 1.79 bits per heavy atom. The number of benzene rings is 2. The summed E-state index contributed by atoms with van der Waals surface area (Å²) in [5, 5.41) is 16.0. The number of rotatable bonds is 5. The van der Waals surface area contributed by atoms with E-state index in [2.05, 4.69) is 31.8 Å². The predicted molar refractivity (Wildman–Crippen MR) is 95.8 cm³/mol. The van der Waals surface area contributed by atoms with Crippen molar-refractivity contribution in [1.29, 1.82) is 0 Å². The molecule has 0 fully saturated rings. The van der Waals surface area contributed by atoms with E-state index in [-0.39, 0.29) is 5.75 Å².